The first kappa shape index (κ1) is 11.6. The summed E-state index contributed by atoms with van der Waals surface area (Å²) in [5.74, 6) is 0.00430. The van der Waals surface area contributed by atoms with E-state index in [-0.39, 0.29) is 11.9 Å². The predicted octanol–water partition coefficient (Wildman–Crippen LogP) is 1.12. The van der Waals surface area contributed by atoms with Crippen LogP contribution in [-0.4, -0.2) is 29.9 Å². The number of nitrogens with two attached hydrogens (primary N) is 1. The SMILES string of the molecule is N#Cc1ccc(C(=O)N2CCC[C@H](N)C2)cc1. The Labute approximate surface area is 101 Å². The van der Waals surface area contributed by atoms with E-state index in [4.69, 9.17) is 11.0 Å². The largest absolute Gasteiger partial charge is 0.337 e. The van der Waals surface area contributed by atoms with Crippen LogP contribution >= 0.6 is 0 Å². The number of piperidine rings is 1. The highest BCUT2D eigenvalue weighted by Gasteiger charge is 2.21. The zero-order valence-electron chi connectivity index (χ0n) is 9.60. The highest BCUT2D eigenvalue weighted by atomic mass is 16.2. The zero-order valence-corrected chi connectivity index (χ0v) is 9.60. The number of hydrogen-bond donors (Lipinski definition) is 1. The molecule has 17 heavy (non-hydrogen) atoms. The van der Waals surface area contributed by atoms with Gasteiger partial charge in [0.05, 0.1) is 11.6 Å². The van der Waals surface area contributed by atoms with Crippen molar-refractivity contribution in [2.24, 2.45) is 5.73 Å². The summed E-state index contributed by atoms with van der Waals surface area (Å²) in [5.41, 5.74) is 7.04. The van der Waals surface area contributed by atoms with Crippen LogP contribution in [0.1, 0.15) is 28.8 Å². The lowest BCUT2D eigenvalue weighted by Gasteiger charge is -2.30. The van der Waals surface area contributed by atoms with Crippen LogP contribution in [0.25, 0.3) is 0 Å². The number of carbonyl (C=O) groups excluding carboxylic acids is 1. The molecule has 1 saturated heterocycles. The Morgan fingerprint density at radius 3 is 2.71 bits per heavy atom. The van der Waals surface area contributed by atoms with Crippen LogP contribution < -0.4 is 5.73 Å². The molecule has 1 aliphatic heterocycles. The molecule has 1 aromatic rings. The fourth-order valence-electron chi connectivity index (χ4n) is 2.06. The van der Waals surface area contributed by atoms with E-state index in [9.17, 15) is 4.79 Å². The number of carbonyl (C=O) groups is 1. The molecule has 0 spiro atoms. The lowest BCUT2D eigenvalue weighted by atomic mass is 10.0. The third-order valence-corrected chi connectivity index (χ3v) is 3.01. The Hall–Kier alpha value is -1.86. The number of nitrogens with zero attached hydrogens (tertiary/aromatic N) is 2. The van der Waals surface area contributed by atoms with Crippen molar-refractivity contribution in [2.45, 2.75) is 18.9 Å². The zero-order chi connectivity index (χ0) is 12.3. The third kappa shape index (κ3) is 2.63. The first-order chi connectivity index (χ1) is 8.20. The van der Waals surface area contributed by atoms with E-state index in [0.29, 0.717) is 17.7 Å². The van der Waals surface area contributed by atoms with Crippen LogP contribution in [0.3, 0.4) is 0 Å². The molecule has 1 fully saturated rings. The molecule has 1 atom stereocenters. The predicted molar refractivity (Wildman–Crippen MR) is 64.3 cm³/mol. The van der Waals surface area contributed by atoms with Crippen molar-refractivity contribution in [1.82, 2.24) is 4.90 Å². The Bertz CT molecular complexity index is 447. The number of nitriles is 1. The maximum Gasteiger partial charge on any atom is 0.253 e. The fraction of sp³-hybridized carbons (Fsp3) is 0.385. The summed E-state index contributed by atoms with van der Waals surface area (Å²) in [7, 11) is 0. The third-order valence-electron chi connectivity index (χ3n) is 3.01. The van der Waals surface area contributed by atoms with E-state index in [1.54, 1.807) is 29.2 Å². The Morgan fingerprint density at radius 2 is 2.12 bits per heavy atom. The lowest BCUT2D eigenvalue weighted by molar-refractivity contribution is 0.0709. The van der Waals surface area contributed by atoms with Crippen LogP contribution in [-0.2, 0) is 0 Å². The van der Waals surface area contributed by atoms with Gasteiger partial charge in [0.15, 0.2) is 0 Å². The smallest absolute Gasteiger partial charge is 0.253 e. The van der Waals surface area contributed by atoms with Crippen LogP contribution in [0.2, 0.25) is 0 Å². The van der Waals surface area contributed by atoms with Gasteiger partial charge in [-0.15, -0.1) is 0 Å². The number of rotatable bonds is 1. The molecule has 1 aromatic carbocycles. The van der Waals surface area contributed by atoms with E-state index in [2.05, 4.69) is 0 Å². The summed E-state index contributed by atoms with van der Waals surface area (Å²) in [6, 6.07) is 8.84. The molecular weight excluding hydrogens is 214 g/mol. The van der Waals surface area contributed by atoms with Crippen LogP contribution in [0, 0.1) is 11.3 Å². The molecule has 0 saturated carbocycles. The van der Waals surface area contributed by atoms with Crippen molar-refractivity contribution in [3.05, 3.63) is 35.4 Å². The summed E-state index contributed by atoms with van der Waals surface area (Å²) in [5, 5.41) is 8.69. The molecule has 1 amide bonds. The molecule has 2 N–H and O–H groups in total. The van der Waals surface area contributed by atoms with Crippen molar-refractivity contribution >= 4 is 5.91 Å². The van der Waals surface area contributed by atoms with Crippen LogP contribution in [0.4, 0.5) is 0 Å². The molecule has 88 valence electrons. The van der Waals surface area contributed by atoms with Crippen molar-refractivity contribution in [2.75, 3.05) is 13.1 Å². The summed E-state index contributed by atoms with van der Waals surface area (Å²) >= 11 is 0. The minimum Gasteiger partial charge on any atom is -0.337 e. The Kier molecular flexibility index (Phi) is 3.40. The van der Waals surface area contributed by atoms with E-state index in [1.165, 1.54) is 0 Å². The quantitative estimate of drug-likeness (QED) is 0.784. The number of hydrogen-bond acceptors (Lipinski definition) is 3. The van der Waals surface area contributed by atoms with Crippen molar-refractivity contribution in [3.8, 4) is 6.07 Å². The van der Waals surface area contributed by atoms with Gasteiger partial charge in [0.25, 0.3) is 5.91 Å². The average molecular weight is 229 g/mol. The molecular formula is C13H15N3O. The first-order valence-corrected chi connectivity index (χ1v) is 5.75. The second kappa shape index (κ2) is 4.98. The van der Waals surface area contributed by atoms with Gasteiger partial charge in [-0.3, -0.25) is 4.79 Å². The molecule has 1 heterocycles. The molecule has 0 bridgehead atoms. The van der Waals surface area contributed by atoms with E-state index >= 15 is 0 Å². The maximum atomic E-state index is 12.1. The van der Waals surface area contributed by atoms with Gasteiger partial charge in [0, 0.05) is 24.7 Å². The van der Waals surface area contributed by atoms with Crippen molar-refractivity contribution in [1.29, 1.82) is 5.26 Å². The van der Waals surface area contributed by atoms with Gasteiger partial charge < -0.3 is 10.6 Å². The Balaban J connectivity index is 2.11. The summed E-state index contributed by atoms with van der Waals surface area (Å²) in [6.45, 7) is 1.39. The molecule has 0 unspecified atom stereocenters. The van der Waals surface area contributed by atoms with E-state index in [1.807, 2.05) is 6.07 Å². The molecule has 4 heteroatoms. The molecule has 2 rings (SSSR count). The van der Waals surface area contributed by atoms with Gasteiger partial charge >= 0.3 is 0 Å². The second-order valence-corrected chi connectivity index (χ2v) is 4.34. The van der Waals surface area contributed by atoms with Gasteiger partial charge in [-0.1, -0.05) is 0 Å². The highest BCUT2D eigenvalue weighted by molar-refractivity contribution is 5.94. The first-order valence-electron chi connectivity index (χ1n) is 5.75. The number of amides is 1. The van der Waals surface area contributed by atoms with E-state index in [0.717, 1.165) is 19.4 Å². The Morgan fingerprint density at radius 1 is 1.41 bits per heavy atom. The van der Waals surface area contributed by atoms with Gasteiger partial charge in [-0.2, -0.15) is 5.26 Å². The second-order valence-electron chi connectivity index (χ2n) is 4.34. The minimum absolute atomic E-state index is 0.00430. The number of benzene rings is 1. The van der Waals surface area contributed by atoms with Gasteiger partial charge in [0.2, 0.25) is 0 Å². The molecule has 0 aromatic heterocycles. The van der Waals surface area contributed by atoms with Crippen LogP contribution in [0.5, 0.6) is 0 Å². The van der Waals surface area contributed by atoms with E-state index < -0.39 is 0 Å². The number of likely N-dealkylation sites (tertiary alicyclic amines) is 1. The summed E-state index contributed by atoms with van der Waals surface area (Å²) in [4.78, 5) is 13.9. The minimum atomic E-state index is 0.00430. The summed E-state index contributed by atoms with van der Waals surface area (Å²) < 4.78 is 0. The van der Waals surface area contributed by atoms with Gasteiger partial charge in [-0.05, 0) is 37.1 Å². The maximum absolute atomic E-state index is 12.1. The normalized spacial score (nSPS) is 19.8. The topological polar surface area (TPSA) is 70.1 Å². The van der Waals surface area contributed by atoms with Gasteiger partial charge in [0.1, 0.15) is 0 Å². The standard InChI is InChI=1S/C13H15N3O/c14-8-10-3-5-11(6-4-10)13(17)16-7-1-2-12(15)9-16/h3-6,12H,1-2,7,9,15H2/t12-/m0/s1. The van der Waals surface area contributed by atoms with Gasteiger partial charge in [-0.25, -0.2) is 0 Å². The van der Waals surface area contributed by atoms with Crippen LogP contribution in [0.15, 0.2) is 24.3 Å². The molecule has 0 aliphatic carbocycles. The lowest BCUT2D eigenvalue weighted by Crippen LogP contribution is -2.45. The highest BCUT2D eigenvalue weighted by Crippen LogP contribution is 2.13. The monoisotopic (exact) mass is 229 g/mol. The summed E-state index contributed by atoms with van der Waals surface area (Å²) in [6.07, 6.45) is 1.94. The molecule has 4 nitrogen and oxygen atoms in total. The molecule has 1 aliphatic rings. The fourth-order valence-corrected chi connectivity index (χ4v) is 2.06. The average Bonchev–Trinajstić information content (AvgIpc) is 2.38. The van der Waals surface area contributed by atoms with Crippen molar-refractivity contribution < 1.29 is 4.79 Å². The van der Waals surface area contributed by atoms with Crippen molar-refractivity contribution in [3.63, 3.8) is 0 Å². The molecule has 0 radical (unpaired) electrons.